The minimum atomic E-state index is 0.650. The molecule has 6 atom stereocenters. The zero-order chi connectivity index (χ0) is 17.6. The zero-order valence-electron chi connectivity index (χ0n) is 16.8. The molecule has 3 aliphatic rings. The molecule has 0 aromatic rings. The van der Waals surface area contributed by atoms with Gasteiger partial charge in [0.15, 0.2) is 0 Å². The highest BCUT2D eigenvalue weighted by Crippen LogP contribution is 2.48. The Bertz CT molecular complexity index is 409. The largest absolute Gasteiger partial charge is 0.303 e. The lowest BCUT2D eigenvalue weighted by Gasteiger charge is -2.42. The third-order valence-corrected chi connectivity index (χ3v) is 7.79. The van der Waals surface area contributed by atoms with Crippen LogP contribution in [0, 0.1) is 29.6 Å². The molecule has 3 rings (SSSR count). The monoisotopic (exact) mass is 347 g/mol. The van der Waals surface area contributed by atoms with Crippen LogP contribution in [0.4, 0.5) is 0 Å². The number of carbonyl (C=O) groups is 1. The van der Waals surface area contributed by atoms with Gasteiger partial charge in [0.25, 0.3) is 0 Å². The van der Waals surface area contributed by atoms with Crippen LogP contribution in [-0.2, 0) is 4.79 Å². The van der Waals surface area contributed by atoms with Crippen molar-refractivity contribution < 1.29 is 4.79 Å². The molecule has 1 saturated heterocycles. The fraction of sp³-hybridized carbons (Fsp3) is 0.957. The molecule has 3 fully saturated rings. The summed E-state index contributed by atoms with van der Waals surface area (Å²) in [5, 5.41) is 0. The first-order valence-corrected chi connectivity index (χ1v) is 11.4. The van der Waals surface area contributed by atoms with Crippen LogP contribution in [-0.4, -0.2) is 30.3 Å². The summed E-state index contributed by atoms with van der Waals surface area (Å²) >= 11 is 0. The summed E-state index contributed by atoms with van der Waals surface area (Å²) in [5.41, 5.74) is 0. The summed E-state index contributed by atoms with van der Waals surface area (Å²) < 4.78 is 0. The van der Waals surface area contributed by atoms with Crippen LogP contribution < -0.4 is 0 Å². The molecular formula is C23H41NO. The quantitative estimate of drug-likeness (QED) is 0.415. The Hall–Kier alpha value is -0.370. The third-order valence-electron chi connectivity index (χ3n) is 7.79. The van der Waals surface area contributed by atoms with E-state index in [2.05, 4.69) is 18.7 Å². The Balaban J connectivity index is 1.57. The van der Waals surface area contributed by atoms with Crippen molar-refractivity contribution in [1.29, 1.82) is 0 Å². The van der Waals surface area contributed by atoms with Gasteiger partial charge >= 0.3 is 0 Å². The second kappa shape index (κ2) is 9.53. The first-order valence-electron chi connectivity index (χ1n) is 11.4. The molecule has 2 heteroatoms. The van der Waals surface area contributed by atoms with Gasteiger partial charge in [0.2, 0.25) is 0 Å². The molecule has 6 unspecified atom stereocenters. The van der Waals surface area contributed by atoms with Crippen molar-refractivity contribution in [3.63, 3.8) is 0 Å². The van der Waals surface area contributed by atoms with Crippen LogP contribution in [0.2, 0.25) is 0 Å². The van der Waals surface area contributed by atoms with E-state index in [0.29, 0.717) is 5.92 Å². The average molecular weight is 348 g/mol. The molecule has 0 amide bonds. The van der Waals surface area contributed by atoms with Crippen LogP contribution in [0.3, 0.4) is 0 Å². The Kier molecular flexibility index (Phi) is 7.39. The molecule has 2 aliphatic carbocycles. The summed E-state index contributed by atoms with van der Waals surface area (Å²) in [7, 11) is 0. The van der Waals surface area contributed by atoms with E-state index in [-0.39, 0.29) is 0 Å². The molecule has 2 nitrogen and oxygen atoms in total. The standard InChI is InChI=1S/C23H41NO/c1-3-4-5-6-13-24-17-21(12-14-25)22-16-20(10-11-23(22)24)19-9-7-8-18(2)15-19/h14,18-23H,3-13,15-17H2,1-2H3. The lowest BCUT2D eigenvalue weighted by molar-refractivity contribution is -0.108. The van der Waals surface area contributed by atoms with Crippen molar-refractivity contribution in [1.82, 2.24) is 4.90 Å². The van der Waals surface area contributed by atoms with E-state index in [0.717, 1.165) is 36.1 Å². The molecular weight excluding hydrogens is 306 g/mol. The number of hydrogen-bond acceptors (Lipinski definition) is 2. The number of aldehydes is 1. The van der Waals surface area contributed by atoms with Gasteiger partial charge in [-0.3, -0.25) is 4.90 Å². The molecule has 0 aromatic heterocycles. The van der Waals surface area contributed by atoms with Gasteiger partial charge in [-0.25, -0.2) is 0 Å². The second-order valence-electron chi connectivity index (χ2n) is 9.55. The number of nitrogens with zero attached hydrogens (tertiary/aromatic N) is 1. The second-order valence-corrected chi connectivity index (χ2v) is 9.55. The SMILES string of the molecule is CCCCCCN1CC(CC=O)C2CC(C3CCCC(C)C3)CCC21. The molecule has 25 heavy (non-hydrogen) atoms. The Morgan fingerprint density at radius 2 is 1.84 bits per heavy atom. The van der Waals surface area contributed by atoms with Gasteiger partial charge in [0.05, 0.1) is 0 Å². The van der Waals surface area contributed by atoms with E-state index in [1.165, 1.54) is 90.0 Å². The van der Waals surface area contributed by atoms with E-state index >= 15 is 0 Å². The molecule has 1 aliphatic heterocycles. The zero-order valence-corrected chi connectivity index (χ0v) is 16.8. The molecule has 0 radical (unpaired) electrons. The summed E-state index contributed by atoms with van der Waals surface area (Å²) in [6.07, 6.45) is 17.6. The maximum atomic E-state index is 11.2. The fourth-order valence-electron chi connectivity index (χ4n) is 6.46. The summed E-state index contributed by atoms with van der Waals surface area (Å²) in [6.45, 7) is 7.23. The van der Waals surface area contributed by atoms with E-state index in [9.17, 15) is 4.79 Å². The molecule has 144 valence electrons. The van der Waals surface area contributed by atoms with E-state index in [1.54, 1.807) is 0 Å². The number of rotatable bonds is 8. The number of unbranched alkanes of at least 4 members (excludes halogenated alkanes) is 3. The molecule has 1 heterocycles. The van der Waals surface area contributed by atoms with Gasteiger partial charge in [-0.05, 0) is 68.2 Å². The van der Waals surface area contributed by atoms with Crippen molar-refractivity contribution >= 4 is 6.29 Å². The van der Waals surface area contributed by atoms with Crippen LogP contribution in [0.1, 0.15) is 90.9 Å². The predicted molar refractivity (Wildman–Crippen MR) is 106 cm³/mol. The van der Waals surface area contributed by atoms with Gasteiger partial charge < -0.3 is 4.79 Å². The van der Waals surface area contributed by atoms with Gasteiger partial charge in [-0.15, -0.1) is 0 Å². The topological polar surface area (TPSA) is 20.3 Å². The first kappa shape index (κ1) is 19.4. The Labute approximate surface area is 156 Å². The van der Waals surface area contributed by atoms with Crippen molar-refractivity contribution in [2.75, 3.05) is 13.1 Å². The smallest absolute Gasteiger partial charge is 0.120 e. The van der Waals surface area contributed by atoms with Crippen molar-refractivity contribution in [3.8, 4) is 0 Å². The maximum Gasteiger partial charge on any atom is 0.120 e. The van der Waals surface area contributed by atoms with Gasteiger partial charge in [-0.2, -0.15) is 0 Å². The average Bonchev–Trinajstić information content (AvgIpc) is 2.96. The maximum absolute atomic E-state index is 11.2. The number of carbonyl (C=O) groups excluding carboxylic acids is 1. The van der Waals surface area contributed by atoms with Crippen LogP contribution in [0.25, 0.3) is 0 Å². The van der Waals surface area contributed by atoms with E-state index in [1.807, 2.05) is 0 Å². The highest BCUT2D eigenvalue weighted by Gasteiger charge is 2.45. The lowest BCUT2D eigenvalue weighted by Crippen LogP contribution is -2.39. The van der Waals surface area contributed by atoms with Gasteiger partial charge in [-0.1, -0.05) is 52.4 Å². The summed E-state index contributed by atoms with van der Waals surface area (Å²) in [4.78, 5) is 14.0. The highest BCUT2D eigenvalue weighted by molar-refractivity contribution is 5.50. The van der Waals surface area contributed by atoms with Crippen molar-refractivity contribution in [2.45, 2.75) is 96.9 Å². The van der Waals surface area contributed by atoms with Crippen molar-refractivity contribution in [3.05, 3.63) is 0 Å². The molecule has 0 spiro atoms. The predicted octanol–water partition coefficient (Wildman–Crippen LogP) is 5.70. The highest BCUT2D eigenvalue weighted by atomic mass is 16.1. The number of hydrogen-bond donors (Lipinski definition) is 0. The first-order chi connectivity index (χ1) is 12.2. The number of likely N-dealkylation sites (tertiary alicyclic amines) is 1. The Morgan fingerprint density at radius 1 is 1.00 bits per heavy atom. The van der Waals surface area contributed by atoms with Gasteiger partial charge in [0.1, 0.15) is 6.29 Å². The molecule has 2 saturated carbocycles. The van der Waals surface area contributed by atoms with Gasteiger partial charge in [0, 0.05) is 19.0 Å². The summed E-state index contributed by atoms with van der Waals surface area (Å²) in [5.74, 6) is 4.35. The fourth-order valence-corrected chi connectivity index (χ4v) is 6.46. The molecule has 0 aromatic carbocycles. The van der Waals surface area contributed by atoms with E-state index in [4.69, 9.17) is 0 Å². The van der Waals surface area contributed by atoms with E-state index < -0.39 is 0 Å². The lowest BCUT2D eigenvalue weighted by atomic mass is 9.65. The third kappa shape index (κ3) is 4.87. The van der Waals surface area contributed by atoms with Crippen molar-refractivity contribution in [2.24, 2.45) is 29.6 Å². The van der Waals surface area contributed by atoms with Crippen LogP contribution in [0.5, 0.6) is 0 Å². The number of fused-ring (bicyclic) bond motifs is 1. The van der Waals surface area contributed by atoms with Crippen LogP contribution in [0.15, 0.2) is 0 Å². The molecule has 0 N–H and O–H groups in total. The Morgan fingerprint density at radius 3 is 2.60 bits per heavy atom. The minimum Gasteiger partial charge on any atom is -0.303 e. The summed E-state index contributed by atoms with van der Waals surface area (Å²) in [6, 6.07) is 0.795. The minimum absolute atomic E-state index is 0.650. The molecule has 0 bridgehead atoms. The normalized spacial score (nSPS) is 39.3. The van der Waals surface area contributed by atoms with Crippen LogP contribution >= 0.6 is 0 Å².